The number of carbonyl (C=O) groups is 1. The maximum absolute atomic E-state index is 13.1. The van der Waals surface area contributed by atoms with Crippen LogP contribution in [-0.2, 0) is 16.6 Å². The highest BCUT2D eigenvalue weighted by molar-refractivity contribution is 7.92. The number of benzene rings is 3. The zero-order valence-corrected chi connectivity index (χ0v) is 18.6. The van der Waals surface area contributed by atoms with Crippen molar-refractivity contribution in [3.05, 3.63) is 100 Å². The number of carbonyl (C=O) groups excluding carboxylic acids is 1. The van der Waals surface area contributed by atoms with E-state index in [2.05, 4.69) is 5.32 Å². The number of nitrogens with zero attached hydrogens (tertiary/aromatic N) is 1. The van der Waals surface area contributed by atoms with E-state index < -0.39 is 10.0 Å². The van der Waals surface area contributed by atoms with Crippen LogP contribution in [0.15, 0.2) is 72.8 Å². The number of hydrogen-bond donors (Lipinski definition) is 1. The Balaban J connectivity index is 1.75. The molecule has 0 fully saturated rings. The van der Waals surface area contributed by atoms with Crippen LogP contribution in [0.2, 0.25) is 5.02 Å². The van der Waals surface area contributed by atoms with Crippen molar-refractivity contribution in [2.75, 3.05) is 10.6 Å². The molecule has 0 aliphatic heterocycles. The number of amides is 1. The first-order chi connectivity index (χ1) is 14.6. The topological polar surface area (TPSA) is 66.5 Å². The molecule has 0 saturated carbocycles. The molecule has 0 saturated heterocycles. The summed E-state index contributed by atoms with van der Waals surface area (Å²) in [4.78, 5) is 12.6. The van der Waals surface area contributed by atoms with E-state index in [1.165, 1.54) is 16.4 Å². The number of halogens is 2. The molecule has 31 heavy (non-hydrogen) atoms. The second-order valence-electron chi connectivity index (χ2n) is 7.19. The highest BCUT2D eigenvalue weighted by Crippen LogP contribution is 2.22. The third-order valence-electron chi connectivity index (χ3n) is 4.77. The van der Waals surface area contributed by atoms with E-state index in [4.69, 9.17) is 11.6 Å². The highest BCUT2D eigenvalue weighted by Gasteiger charge is 2.19. The number of hydrogen-bond acceptors (Lipinski definition) is 3. The van der Waals surface area contributed by atoms with Gasteiger partial charge >= 0.3 is 0 Å². The average Bonchev–Trinajstić information content (AvgIpc) is 2.73. The smallest absolute Gasteiger partial charge is 0.251 e. The molecule has 8 heteroatoms. The summed E-state index contributed by atoms with van der Waals surface area (Å²) >= 11 is 5.90. The van der Waals surface area contributed by atoms with Gasteiger partial charge in [0.2, 0.25) is 10.0 Å². The van der Waals surface area contributed by atoms with Crippen LogP contribution in [0.3, 0.4) is 0 Å². The summed E-state index contributed by atoms with van der Waals surface area (Å²) in [7, 11) is -3.55. The minimum Gasteiger partial charge on any atom is -0.346 e. The molecule has 1 atom stereocenters. The fourth-order valence-corrected chi connectivity index (χ4v) is 4.06. The van der Waals surface area contributed by atoms with Gasteiger partial charge in [0.05, 0.1) is 24.5 Å². The Morgan fingerprint density at radius 2 is 1.58 bits per heavy atom. The Labute approximate surface area is 186 Å². The number of sulfonamides is 1. The van der Waals surface area contributed by atoms with Crippen LogP contribution >= 0.6 is 11.6 Å². The lowest BCUT2D eigenvalue weighted by atomic mass is 10.1. The monoisotopic (exact) mass is 460 g/mol. The normalized spacial score (nSPS) is 12.3. The third-order valence-corrected chi connectivity index (χ3v) is 6.17. The summed E-state index contributed by atoms with van der Waals surface area (Å²) in [6, 6.07) is 18.9. The lowest BCUT2D eigenvalue weighted by Gasteiger charge is -2.23. The van der Waals surface area contributed by atoms with Crippen molar-refractivity contribution < 1.29 is 17.6 Å². The molecular formula is C23H22ClFN2O3S. The van der Waals surface area contributed by atoms with Crippen molar-refractivity contribution in [3.8, 4) is 0 Å². The molecule has 0 heterocycles. The summed E-state index contributed by atoms with van der Waals surface area (Å²) in [6.07, 6.45) is 1.13. The first kappa shape index (κ1) is 22.8. The van der Waals surface area contributed by atoms with E-state index in [1.807, 2.05) is 0 Å². The van der Waals surface area contributed by atoms with E-state index in [-0.39, 0.29) is 24.3 Å². The van der Waals surface area contributed by atoms with E-state index in [0.29, 0.717) is 16.3 Å². The Bertz CT molecular complexity index is 1150. The second-order valence-corrected chi connectivity index (χ2v) is 9.53. The maximum atomic E-state index is 13.1. The van der Waals surface area contributed by atoms with Crippen molar-refractivity contribution in [3.63, 3.8) is 0 Å². The first-order valence-corrected chi connectivity index (χ1v) is 11.7. The quantitative estimate of drug-likeness (QED) is 0.543. The fraction of sp³-hybridized carbons (Fsp3) is 0.174. The van der Waals surface area contributed by atoms with E-state index >= 15 is 0 Å². The second kappa shape index (κ2) is 9.49. The Morgan fingerprint density at radius 1 is 1.00 bits per heavy atom. The molecule has 0 bridgehead atoms. The minimum atomic E-state index is -3.55. The van der Waals surface area contributed by atoms with Gasteiger partial charge < -0.3 is 5.32 Å². The average molecular weight is 461 g/mol. The molecule has 3 rings (SSSR count). The SMILES string of the molecule is CC(NC(=O)c1ccc(N(Cc2ccc(Cl)cc2)S(C)(=O)=O)cc1)c1ccc(F)cc1. The van der Waals surface area contributed by atoms with Gasteiger partial charge in [0.25, 0.3) is 5.91 Å². The van der Waals surface area contributed by atoms with Crippen LogP contribution < -0.4 is 9.62 Å². The zero-order valence-electron chi connectivity index (χ0n) is 17.0. The molecular weight excluding hydrogens is 439 g/mol. The van der Waals surface area contributed by atoms with Crippen molar-refractivity contribution in [2.24, 2.45) is 0 Å². The lowest BCUT2D eigenvalue weighted by molar-refractivity contribution is 0.0940. The fourth-order valence-electron chi connectivity index (χ4n) is 3.05. The summed E-state index contributed by atoms with van der Waals surface area (Å²) in [5.41, 5.74) is 2.39. The Kier molecular flexibility index (Phi) is 6.97. The third kappa shape index (κ3) is 6.06. The maximum Gasteiger partial charge on any atom is 0.251 e. The van der Waals surface area contributed by atoms with Gasteiger partial charge in [-0.25, -0.2) is 12.8 Å². The van der Waals surface area contributed by atoms with Gasteiger partial charge in [-0.2, -0.15) is 0 Å². The molecule has 3 aromatic rings. The van der Waals surface area contributed by atoms with Crippen LogP contribution in [0, 0.1) is 5.82 Å². The summed E-state index contributed by atoms with van der Waals surface area (Å²) in [5, 5.41) is 3.42. The van der Waals surface area contributed by atoms with Gasteiger partial charge in [-0.1, -0.05) is 35.9 Å². The summed E-state index contributed by atoms with van der Waals surface area (Å²) in [5.74, 6) is -0.654. The molecule has 1 amide bonds. The van der Waals surface area contributed by atoms with E-state index in [0.717, 1.165) is 17.4 Å². The largest absolute Gasteiger partial charge is 0.346 e. The first-order valence-electron chi connectivity index (χ1n) is 9.52. The van der Waals surface area contributed by atoms with Crippen molar-refractivity contribution in [2.45, 2.75) is 19.5 Å². The van der Waals surface area contributed by atoms with Crippen molar-refractivity contribution in [1.82, 2.24) is 5.32 Å². The summed E-state index contributed by atoms with van der Waals surface area (Å²) in [6.45, 7) is 1.94. The van der Waals surface area contributed by atoms with Crippen LogP contribution in [0.1, 0.15) is 34.5 Å². The molecule has 162 valence electrons. The molecule has 1 N–H and O–H groups in total. The molecule has 1 unspecified atom stereocenters. The molecule has 0 aliphatic rings. The van der Waals surface area contributed by atoms with Crippen LogP contribution in [0.4, 0.5) is 10.1 Å². The standard InChI is InChI=1S/C23H22ClFN2O3S/c1-16(18-5-11-21(25)12-6-18)26-23(28)19-7-13-22(14-8-19)27(31(2,29)30)15-17-3-9-20(24)10-4-17/h3-14,16H,15H2,1-2H3,(H,26,28). The van der Waals surface area contributed by atoms with Crippen molar-refractivity contribution in [1.29, 1.82) is 0 Å². The van der Waals surface area contributed by atoms with Crippen LogP contribution in [0.25, 0.3) is 0 Å². The van der Waals surface area contributed by atoms with Crippen LogP contribution in [0.5, 0.6) is 0 Å². The molecule has 0 spiro atoms. The number of rotatable bonds is 7. The number of anilines is 1. The Morgan fingerprint density at radius 3 is 2.13 bits per heavy atom. The van der Waals surface area contributed by atoms with Gasteiger partial charge in [-0.15, -0.1) is 0 Å². The van der Waals surface area contributed by atoms with E-state index in [9.17, 15) is 17.6 Å². The lowest BCUT2D eigenvalue weighted by Crippen LogP contribution is -2.29. The van der Waals surface area contributed by atoms with Gasteiger partial charge in [0.15, 0.2) is 0 Å². The van der Waals surface area contributed by atoms with E-state index in [1.54, 1.807) is 67.6 Å². The molecule has 0 aliphatic carbocycles. The number of nitrogens with one attached hydrogen (secondary N) is 1. The Hall–Kier alpha value is -2.90. The molecule has 0 aromatic heterocycles. The predicted octanol–water partition coefficient (Wildman–Crippen LogP) is 4.94. The van der Waals surface area contributed by atoms with Crippen molar-refractivity contribution >= 4 is 33.2 Å². The summed E-state index contributed by atoms with van der Waals surface area (Å²) < 4.78 is 39.0. The van der Waals surface area contributed by atoms with Gasteiger partial charge in [-0.05, 0) is 66.6 Å². The van der Waals surface area contributed by atoms with Gasteiger partial charge in [0, 0.05) is 10.6 Å². The highest BCUT2D eigenvalue weighted by atomic mass is 35.5. The van der Waals surface area contributed by atoms with Gasteiger partial charge in [-0.3, -0.25) is 9.10 Å². The molecule has 0 radical (unpaired) electrons. The molecule has 5 nitrogen and oxygen atoms in total. The predicted molar refractivity (Wildman–Crippen MR) is 121 cm³/mol. The minimum absolute atomic E-state index is 0.142. The zero-order chi connectivity index (χ0) is 22.6. The van der Waals surface area contributed by atoms with Gasteiger partial charge in [0.1, 0.15) is 5.82 Å². The van der Waals surface area contributed by atoms with Crippen LogP contribution in [-0.4, -0.2) is 20.6 Å². The molecule has 3 aromatic carbocycles.